The molecular weight excluding hydrogens is 490 g/mol. The van der Waals surface area contributed by atoms with Gasteiger partial charge in [-0.25, -0.2) is 8.42 Å². The number of fused-ring (bicyclic) bond motifs is 1. The van der Waals surface area contributed by atoms with Crippen molar-refractivity contribution in [2.75, 3.05) is 10.8 Å². The van der Waals surface area contributed by atoms with Crippen molar-refractivity contribution in [2.45, 2.75) is 51.5 Å². The lowest BCUT2D eigenvalue weighted by Crippen LogP contribution is -2.30. The Morgan fingerprint density at radius 2 is 1.69 bits per heavy atom. The maximum atomic E-state index is 13.2. The molecule has 0 aliphatic carbocycles. The van der Waals surface area contributed by atoms with Gasteiger partial charge in [-0.05, 0) is 73.4 Å². The molecule has 0 spiro atoms. The molecule has 0 saturated heterocycles. The molecule has 0 atom stereocenters. The van der Waals surface area contributed by atoms with Gasteiger partial charge >= 0.3 is 0 Å². The summed E-state index contributed by atoms with van der Waals surface area (Å²) in [6, 6.07) is 21.4. The molecule has 6 nitrogen and oxygen atoms in total. The lowest BCUT2D eigenvalue weighted by atomic mass is 10.0. The van der Waals surface area contributed by atoms with Gasteiger partial charge in [0, 0.05) is 18.7 Å². The number of nitrogens with zero attached hydrogens (tertiary/aromatic N) is 3. The second kappa shape index (κ2) is 10.8. The highest BCUT2D eigenvalue weighted by Crippen LogP contribution is 2.25. The lowest BCUT2D eigenvalue weighted by molar-refractivity contribution is 0.0997. The molecule has 0 aliphatic rings. The maximum absolute atomic E-state index is 13.2. The Hall–Kier alpha value is -3.23. The number of aromatic nitrogens is 1. The van der Waals surface area contributed by atoms with E-state index in [1.54, 1.807) is 31.2 Å². The van der Waals surface area contributed by atoms with Gasteiger partial charge in [0.15, 0.2) is 4.80 Å². The molecule has 1 aromatic heterocycles. The Labute approximate surface area is 216 Å². The number of amides is 1. The van der Waals surface area contributed by atoms with Crippen LogP contribution in [0.25, 0.3) is 10.2 Å². The molecule has 1 amide bonds. The number of para-hydroxylation sites is 1. The number of benzene rings is 3. The molecule has 0 saturated carbocycles. The van der Waals surface area contributed by atoms with Gasteiger partial charge in [0.2, 0.25) is 0 Å². The maximum Gasteiger partial charge on any atom is 0.279 e. The summed E-state index contributed by atoms with van der Waals surface area (Å²) in [5, 5.41) is 0. The molecule has 0 N–H and O–H groups in total. The highest BCUT2D eigenvalue weighted by Gasteiger charge is 2.23. The van der Waals surface area contributed by atoms with Gasteiger partial charge in [0.05, 0.1) is 20.8 Å². The molecule has 8 heteroatoms. The summed E-state index contributed by atoms with van der Waals surface area (Å²) in [7, 11) is -3.76. The number of thiazole rings is 1. The first-order chi connectivity index (χ1) is 17.3. The fourth-order valence-electron chi connectivity index (χ4n) is 4.11. The third-order valence-electron chi connectivity index (χ3n) is 6.04. The topological polar surface area (TPSA) is 71.7 Å². The van der Waals surface area contributed by atoms with Crippen LogP contribution in [0.4, 0.5) is 5.69 Å². The Morgan fingerprint density at radius 1 is 1.00 bits per heavy atom. The average Bonchev–Trinajstić information content (AvgIpc) is 3.21. The zero-order valence-electron chi connectivity index (χ0n) is 21.0. The van der Waals surface area contributed by atoms with Crippen LogP contribution >= 0.6 is 11.3 Å². The van der Waals surface area contributed by atoms with Crippen LogP contribution in [0.2, 0.25) is 0 Å². The van der Waals surface area contributed by atoms with Crippen molar-refractivity contribution in [1.82, 2.24) is 4.57 Å². The minimum atomic E-state index is -3.76. The van der Waals surface area contributed by atoms with Gasteiger partial charge in [-0.15, -0.1) is 0 Å². The predicted octanol–water partition coefficient (Wildman–Crippen LogP) is 6.19. The van der Waals surface area contributed by atoms with Crippen LogP contribution in [0, 0.1) is 0 Å². The fourth-order valence-corrected chi connectivity index (χ4v) is 6.68. The Morgan fingerprint density at radius 3 is 2.31 bits per heavy atom. The number of hydrogen-bond acceptors (Lipinski definition) is 4. The Bertz CT molecular complexity index is 1530. The van der Waals surface area contributed by atoms with Crippen molar-refractivity contribution >= 4 is 43.2 Å². The summed E-state index contributed by atoms with van der Waals surface area (Å²) < 4.78 is 31.0. The monoisotopic (exact) mass is 521 g/mol. The third-order valence-corrected chi connectivity index (χ3v) is 9.00. The summed E-state index contributed by atoms with van der Waals surface area (Å²) in [4.78, 5) is 18.3. The van der Waals surface area contributed by atoms with Gasteiger partial charge in [-0.1, -0.05) is 56.4 Å². The number of anilines is 1. The summed E-state index contributed by atoms with van der Waals surface area (Å²) in [5.74, 6) is 0.0216. The average molecular weight is 522 g/mol. The van der Waals surface area contributed by atoms with Gasteiger partial charge in [-0.3, -0.25) is 9.10 Å². The molecular formula is C28H31N3O3S2. The summed E-state index contributed by atoms with van der Waals surface area (Å²) in [6.45, 7) is 9.27. The number of carbonyl (C=O) groups excluding carboxylic acids is 1. The molecule has 0 unspecified atom stereocenters. The minimum absolute atomic E-state index is 0.133. The molecule has 0 radical (unpaired) electrons. The highest BCUT2D eigenvalue weighted by molar-refractivity contribution is 7.92. The van der Waals surface area contributed by atoms with Crippen LogP contribution in [0.1, 0.15) is 56.0 Å². The van der Waals surface area contributed by atoms with E-state index in [0.717, 1.165) is 23.2 Å². The molecule has 4 aromatic rings. The highest BCUT2D eigenvalue weighted by atomic mass is 32.2. The van der Waals surface area contributed by atoms with Crippen molar-refractivity contribution in [3.05, 3.63) is 88.7 Å². The first kappa shape index (κ1) is 25.9. The Kier molecular flexibility index (Phi) is 7.76. The minimum Gasteiger partial charge on any atom is -0.316 e. The molecule has 0 bridgehead atoms. The summed E-state index contributed by atoms with van der Waals surface area (Å²) in [6.07, 6.45) is 0.918. The molecule has 0 fully saturated rings. The van der Waals surface area contributed by atoms with Gasteiger partial charge in [-0.2, -0.15) is 4.99 Å². The van der Waals surface area contributed by atoms with E-state index in [2.05, 4.69) is 48.5 Å². The molecule has 0 aliphatic heterocycles. The lowest BCUT2D eigenvalue weighted by Gasteiger charge is -2.22. The van der Waals surface area contributed by atoms with Gasteiger partial charge in [0.1, 0.15) is 0 Å². The fraction of sp³-hybridized carbons (Fsp3) is 0.286. The van der Waals surface area contributed by atoms with E-state index in [1.165, 1.54) is 45.5 Å². The van der Waals surface area contributed by atoms with Crippen LogP contribution in [0.3, 0.4) is 0 Å². The van der Waals surface area contributed by atoms with E-state index < -0.39 is 15.9 Å². The third kappa shape index (κ3) is 5.15. The second-order valence-electron chi connectivity index (χ2n) is 8.86. The van der Waals surface area contributed by atoms with Crippen LogP contribution in [0.15, 0.2) is 82.7 Å². The van der Waals surface area contributed by atoms with Crippen LogP contribution in [0.5, 0.6) is 0 Å². The first-order valence-corrected chi connectivity index (χ1v) is 14.4. The number of sulfonamides is 1. The quantitative estimate of drug-likeness (QED) is 0.277. The standard InChI is InChI=1S/C28H31N3O3S2/c1-5-18-30-25-17-14-22(20(3)4)19-26(25)35-28(30)29-27(32)21-12-15-24(16-13-21)36(33,34)31(6-2)23-10-8-7-9-11-23/h7-17,19-20H,5-6,18H2,1-4H3. The first-order valence-electron chi connectivity index (χ1n) is 12.2. The zero-order valence-corrected chi connectivity index (χ0v) is 22.6. The normalized spacial score (nSPS) is 12.4. The van der Waals surface area contributed by atoms with E-state index >= 15 is 0 Å². The van der Waals surface area contributed by atoms with E-state index in [-0.39, 0.29) is 4.90 Å². The van der Waals surface area contributed by atoms with Crippen molar-refractivity contribution in [1.29, 1.82) is 0 Å². The molecule has 3 aromatic carbocycles. The molecule has 188 valence electrons. The molecule has 4 rings (SSSR count). The number of aryl methyl sites for hydroxylation is 1. The summed E-state index contributed by atoms with van der Waals surface area (Å²) in [5.41, 5.74) is 3.26. The van der Waals surface area contributed by atoms with Gasteiger partial charge in [0.25, 0.3) is 15.9 Å². The Balaban J connectivity index is 1.67. The second-order valence-corrected chi connectivity index (χ2v) is 11.7. The molecule has 1 heterocycles. The largest absolute Gasteiger partial charge is 0.316 e. The SMILES string of the molecule is CCCn1c(=NC(=O)c2ccc(S(=O)(=O)N(CC)c3ccccc3)cc2)sc2cc(C(C)C)ccc21. The van der Waals surface area contributed by atoms with E-state index in [1.807, 2.05) is 6.07 Å². The van der Waals surface area contributed by atoms with E-state index in [4.69, 9.17) is 0 Å². The van der Waals surface area contributed by atoms with Crippen molar-refractivity contribution in [2.24, 2.45) is 4.99 Å². The van der Waals surface area contributed by atoms with Crippen molar-refractivity contribution in [3.8, 4) is 0 Å². The predicted molar refractivity (Wildman–Crippen MR) is 147 cm³/mol. The van der Waals surface area contributed by atoms with Crippen molar-refractivity contribution < 1.29 is 13.2 Å². The van der Waals surface area contributed by atoms with Crippen LogP contribution in [-0.4, -0.2) is 25.4 Å². The summed E-state index contributed by atoms with van der Waals surface area (Å²) >= 11 is 1.50. The van der Waals surface area contributed by atoms with E-state index in [9.17, 15) is 13.2 Å². The number of carbonyl (C=O) groups is 1. The number of hydrogen-bond donors (Lipinski definition) is 0. The zero-order chi connectivity index (χ0) is 25.9. The van der Waals surface area contributed by atoms with Crippen LogP contribution in [-0.2, 0) is 16.6 Å². The van der Waals surface area contributed by atoms with Gasteiger partial charge < -0.3 is 4.57 Å². The number of rotatable bonds is 8. The van der Waals surface area contributed by atoms with Crippen molar-refractivity contribution in [3.63, 3.8) is 0 Å². The van der Waals surface area contributed by atoms with E-state index in [0.29, 0.717) is 28.5 Å². The van der Waals surface area contributed by atoms with Crippen LogP contribution < -0.4 is 9.11 Å². The molecule has 36 heavy (non-hydrogen) atoms. The smallest absolute Gasteiger partial charge is 0.279 e.